The van der Waals surface area contributed by atoms with Gasteiger partial charge in [0.15, 0.2) is 0 Å². The lowest BCUT2D eigenvalue weighted by atomic mass is 10.2. The summed E-state index contributed by atoms with van der Waals surface area (Å²) in [7, 11) is 0. The van der Waals surface area contributed by atoms with Crippen LogP contribution in [-0.2, 0) is 16.1 Å². The van der Waals surface area contributed by atoms with Crippen molar-refractivity contribution >= 4 is 34.8 Å². The van der Waals surface area contributed by atoms with Crippen LogP contribution in [0.2, 0.25) is 0 Å². The molecule has 2 aromatic rings. The summed E-state index contributed by atoms with van der Waals surface area (Å²) in [5.41, 5.74) is 0.969. The molecule has 12 nitrogen and oxygen atoms in total. The van der Waals surface area contributed by atoms with E-state index in [0.717, 1.165) is 5.76 Å². The van der Waals surface area contributed by atoms with Crippen LogP contribution in [0.15, 0.2) is 45.0 Å². The molecular weight excluding hydrogens is 507 g/mol. The van der Waals surface area contributed by atoms with E-state index in [1.54, 1.807) is 37.3 Å². The quantitative estimate of drug-likeness (QED) is 0.401. The van der Waals surface area contributed by atoms with Crippen molar-refractivity contribution in [1.82, 2.24) is 10.2 Å². The summed E-state index contributed by atoms with van der Waals surface area (Å²) in [6.07, 6.45) is -1.07. The van der Waals surface area contributed by atoms with Gasteiger partial charge in [0, 0.05) is 33.1 Å². The molecule has 0 spiro atoms. The van der Waals surface area contributed by atoms with E-state index >= 15 is 4.39 Å². The second kappa shape index (κ2) is 12.2. The Hall–Kier alpha value is -4.75. The Morgan fingerprint density at radius 3 is 2.54 bits per heavy atom. The molecule has 4 rings (SSSR count). The first kappa shape index (κ1) is 27.3. The molecule has 2 aliphatic rings. The minimum absolute atomic E-state index is 0.203. The Bertz CT molecular complexity index is 1360. The summed E-state index contributed by atoms with van der Waals surface area (Å²) < 4.78 is 26.2. The van der Waals surface area contributed by atoms with Gasteiger partial charge in [-0.2, -0.15) is 10.5 Å². The number of cyclic esters (lactones) is 1. The standard InChI is InChI=1S/C26H27FN8O4/c1-17(31-32-19(12-28)13-29)25-6-4-21(38-25)15-33-7-9-34(10-8-33)24-5-3-20(11-23(24)27)35-16-22(39-26(35)37)14-30-18(2)36/h3-6,11,22H,7-10,14-16H2,1-2H3,(H,30,36)/b31-17-/t22-/m0/s1. The summed E-state index contributed by atoms with van der Waals surface area (Å²) >= 11 is 0. The third-order valence-corrected chi connectivity index (χ3v) is 6.32. The molecule has 2 fully saturated rings. The van der Waals surface area contributed by atoms with Gasteiger partial charge in [-0.25, -0.2) is 9.18 Å². The number of rotatable bonds is 8. The largest absolute Gasteiger partial charge is 0.458 e. The van der Waals surface area contributed by atoms with Crippen molar-refractivity contribution in [3.05, 3.63) is 47.7 Å². The molecule has 1 atom stereocenters. The molecule has 2 saturated heterocycles. The van der Waals surface area contributed by atoms with E-state index in [1.807, 2.05) is 11.0 Å². The van der Waals surface area contributed by atoms with Crippen molar-refractivity contribution in [3.8, 4) is 12.1 Å². The zero-order valence-electron chi connectivity index (χ0n) is 21.6. The van der Waals surface area contributed by atoms with Gasteiger partial charge in [-0.15, -0.1) is 10.2 Å². The number of furan rings is 1. The summed E-state index contributed by atoms with van der Waals surface area (Å²) in [5.74, 6) is 0.576. The summed E-state index contributed by atoms with van der Waals surface area (Å²) in [5, 5.41) is 27.6. The van der Waals surface area contributed by atoms with Gasteiger partial charge in [-0.05, 0) is 37.3 Å². The van der Waals surface area contributed by atoms with Crippen LogP contribution >= 0.6 is 0 Å². The zero-order valence-corrected chi connectivity index (χ0v) is 21.6. The Morgan fingerprint density at radius 2 is 1.87 bits per heavy atom. The van der Waals surface area contributed by atoms with Crippen LogP contribution < -0.4 is 15.1 Å². The zero-order chi connectivity index (χ0) is 27.9. The van der Waals surface area contributed by atoms with Crippen molar-refractivity contribution in [2.24, 2.45) is 10.2 Å². The highest BCUT2D eigenvalue weighted by Gasteiger charge is 2.33. The maximum atomic E-state index is 15.1. The van der Waals surface area contributed by atoms with Crippen LogP contribution in [0.5, 0.6) is 0 Å². The third-order valence-electron chi connectivity index (χ3n) is 6.32. The van der Waals surface area contributed by atoms with E-state index in [2.05, 4.69) is 20.4 Å². The number of carbonyl (C=O) groups is 2. The van der Waals surface area contributed by atoms with Gasteiger partial charge in [0.1, 0.15) is 41.3 Å². The SMILES string of the molecule is CC(=O)NC[C@H]1CN(c2ccc(N3CCN(Cc4ccc(/C(C)=N\N=C(C#N)C#N)o4)CC3)c(F)c2)C(=O)O1. The van der Waals surface area contributed by atoms with E-state index in [0.29, 0.717) is 55.6 Å². The number of ether oxygens (including phenoxy) is 1. The average molecular weight is 535 g/mol. The smallest absolute Gasteiger partial charge is 0.414 e. The fourth-order valence-electron chi connectivity index (χ4n) is 4.29. The van der Waals surface area contributed by atoms with Crippen LogP contribution in [0.25, 0.3) is 0 Å². The number of nitrogens with zero attached hydrogens (tertiary/aromatic N) is 7. The van der Waals surface area contributed by atoms with Gasteiger partial charge in [0.2, 0.25) is 11.6 Å². The number of hydrogen-bond donors (Lipinski definition) is 1. The van der Waals surface area contributed by atoms with Gasteiger partial charge in [-0.1, -0.05) is 0 Å². The number of nitriles is 2. The number of piperazine rings is 1. The molecule has 0 aliphatic carbocycles. The van der Waals surface area contributed by atoms with Crippen molar-refractivity contribution < 1.29 is 23.1 Å². The van der Waals surface area contributed by atoms with Crippen molar-refractivity contribution in [2.75, 3.05) is 49.1 Å². The van der Waals surface area contributed by atoms with Gasteiger partial charge >= 0.3 is 6.09 Å². The number of nitrogens with one attached hydrogen (secondary N) is 1. The van der Waals surface area contributed by atoms with E-state index < -0.39 is 18.0 Å². The maximum absolute atomic E-state index is 15.1. The Morgan fingerprint density at radius 1 is 1.13 bits per heavy atom. The van der Waals surface area contributed by atoms with Crippen LogP contribution in [-0.4, -0.2) is 73.7 Å². The van der Waals surface area contributed by atoms with Gasteiger partial charge in [0.25, 0.3) is 0 Å². The van der Waals surface area contributed by atoms with Gasteiger partial charge in [0.05, 0.1) is 31.0 Å². The molecule has 0 bridgehead atoms. The number of halogens is 1. The number of anilines is 2. The van der Waals surface area contributed by atoms with E-state index in [9.17, 15) is 9.59 Å². The van der Waals surface area contributed by atoms with Crippen molar-refractivity contribution in [3.63, 3.8) is 0 Å². The number of hydrogen-bond acceptors (Lipinski definition) is 10. The average Bonchev–Trinajstić information content (AvgIpc) is 3.55. The van der Waals surface area contributed by atoms with E-state index in [4.69, 9.17) is 19.7 Å². The topological polar surface area (TPSA) is 151 Å². The summed E-state index contributed by atoms with van der Waals surface area (Å²) in [6.45, 7) is 6.63. The molecule has 1 N–H and O–H groups in total. The second-order valence-corrected chi connectivity index (χ2v) is 9.08. The normalized spacial score (nSPS) is 17.8. The molecule has 1 aromatic heterocycles. The molecule has 2 aliphatic heterocycles. The predicted molar refractivity (Wildman–Crippen MR) is 140 cm³/mol. The molecule has 202 valence electrons. The van der Waals surface area contributed by atoms with Crippen LogP contribution in [0.4, 0.5) is 20.6 Å². The number of benzene rings is 1. The molecule has 1 aromatic carbocycles. The van der Waals surface area contributed by atoms with Gasteiger partial charge < -0.3 is 19.4 Å². The molecule has 0 radical (unpaired) electrons. The molecule has 39 heavy (non-hydrogen) atoms. The molecule has 0 unspecified atom stereocenters. The first-order valence-corrected chi connectivity index (χ1v) is 12.3. The first-order chi connectivity index (χ1) is 18.8. The fraction of sp³-hybridized carbons (Fsp3) is 0.385. The minimum Gasteiger partial charge on any atom is -0.458 e. The molecule has 3 heterocycles. The maximum Gasteiger partial charge on any atom is 0.414 e. The lowest BCUT2D eigenvalue weighted by Crippen LogP contribution is -2.46. The fourth-order valence-corrected chi connectivity index (χ4v) is 4.29. The highest BCUT2D eigenvalue weighted by atomic mass is 19.1. The van der Waals surface area contributed by atoms with Crippen LogP contribution in [0.3, 0.4) is 0 Å². The molecular formula is C26H27FN8O4. The predicted octanol–water partition coefficient (Wildman–Crippen LogP) is 2.41. The third kappa shape index (κ3) is 6.77. The van der Waals surface area contributed by atoms with E-state index in [-0.39, 0.29) is 24.7 Å². The van der Waals surface area contributed by atoms with Crippen LogP contribution in [0, 0.1) is 28.5 Å². The number of carbonyl (C=O) groups excluding carboxylic acids is 2. The molecule has 2 amide bonds. The molecule has 13 heteroatoms. The Labute approximate surface area is 224 Å². The van der Waals surface area contributed by atoms with Gasteiger partial charge in [-0.3, -0.25) is 14.6 Å². The first-order valence-electron chi connectivity index (χ1n) is 12.3. The Balaban J connectivity index is 1.31. The monoisotopic (exact) mass is 534 g/mol. The lowest BCUT2D eigenvalue weighted by Gasteiger charge is -2.36. The molecule has 0 saturated carbocycles. The minimum atomic E-state index is -0.574. The highest BCUT2D eigenvalue weighted by Crippen LogP contribution is 2.28. The lowest BCUT2D eigenvalue weighted by molar-refractivity contribution is -0.119. The van der Waals surface area contributed by atoms with Crippen molar-refractivity contribution in [2.45, 2.75) is 26.5 Å². The van der Waals surface area contributed by atoms with E-state index in [1.165, 1.54) is 17.9 Å². The highest BCUT2D eigenvalue weighted by molar-refractivity contribution is 6.10. The van der Waals surface area contributed by atoms with Crippen LogP contribution in [0.1, 0.15) is 25.4 Å². The number of amides is 2. The Kier molecular flexibility index (Phi) is 8.53. The van der Waals surface area contributed by atoms with Crippen molar-refractivity contribution in [1.29, 1.82) is 10.5 Å². The summed E-state index contributed by atoms with van der Waals surface area (Å²) in [6, 6.07) is 11.6. The summed E-state index contributed by atoms with van der Waals surface area (Å²) in [4.78, 5) is 28.9. The second-order valence-electron chi connectivity index (χ2n) is 9.08.